The van der Waals surface area contributed by atoms with Gasteiger partial charge in [-0.1, -0.05) is 34.9 Å². The topological polar surface area (TPSA) is 87.7 Å². The largest absolute Gasteiger partial charge is 0.409 e. The third-order valence-electron chi connectivity index (χ3n) is 2.57. The Morgan fingerprint density at radius 1 is 1.53 bits per heavy atom. The maximum absolute atomic E-state index is 13.5. The normalized spacial score (nSPS) is 13.4. The van der Waals surface area contributed by atoms with Gasteiger partial charge in [-0.05, 0) is 24.1 Å². The number of oxime groups is 1. The van der Waals surface area contributed by atoms with Crippen molar-refractivity contribution >= 4 is 33.4 Å². The third kappa shape index (κ3) is 3.92. The van der Waals surface area contributed by atoms with Gasteiger partial charge in [-0.25, -0.2) is 4.39 Å². The second-order valence-electron chi connectivity index (χ2n) is 4.36. The van der Waals surface area contributed by atoms with Gasteiger partial charge in [0.25, 0.3) is 0 Å². The van der Waals surface area contributed by atoms with Crippen molar-refractivity contribution in [3.8, 4) is 0 Å². The van der Waals surface area contributed by atoms with Crippen LogP contribution in [0.15, 0.2) is 27.8 Å². The van der Waals surface area contributed by atoms with E-state index in [4.69, 9.17) is 10.9 Å². The molecule has 0 radical (unpaired) electrons. The van der Waals surface area contributed by atoms with E-state index in [1.54, 1.807) is 13.8 Å². The Morgan fingerprint density at radius 2 is 2.16 bits per heavy atom. The van der Waals surface area contributed by atoms with Crippen molar-refractivity contribution in [1.82, 2.24) is 0 Å². The number of carbonyl (C=O) groups excluding carboxylic acids is 1. The maximum atomic E-state index is 13.5. The molecule has 0 bridgehead atoms. The summed E-state index contributed by atoms with van der Waals surface area (Å²) < 4.78 is 14.2. The zero-order valence-electron chi connectivity index (χ0n) is 10.5. The van der Waals surface area contributed by atoms with Crippen molar-refractivity contribution in [1.29, 1.82) is 0 Å². The van der Waals surface area contributed by atoms with Gasteiger partial charge in [0.1, 0.15) is 11.7 Å². The molecule has 104 valence electrons. The highest BCUT2D eigenvalue weighted by Crippen LogP contribution is 2.22. The van der Waals surface area contributed by atoms with Gasteiger partial charge in [0.15, 0.2) is 5.84 Å². The van der Waals surface area contributed by atoms with E-state index in [0.717, 1.165) is 0 Å². The molecule has 0 aliphatic carbocycles. The Balaban J connectivity index is 2.97. The van der Waals surface area contributed by atoms with Crippen LogP contribution in [0.3, 0.4) is 0 Å². The van der Waals surface area contributed by atoms with E-state index in [2.05, 4.69) is 26.4 Å². The molecule has 4 N–H and O–H groups in total. The van der Waals surface area contributed by atoms with Gasteiger partial charge in [0.05, 0.1) is 5.69 Å². The zero-order valence-corrected chi connectivity index (χ0v) is 12.1. The van der Waals surface area contributed by atoms with Crippen molar-refractivity contribution in [2.75, 3.05) is 5.32 Å². The number of benzene rings is 1. The van der Waals surface area contributed by atoms with Crippen LogP contribution in [0.2, 0.25) is 0 Å². The summed E-state index contributed by atoms with van der Waals surface area (Å²) in [6.45, 7) is 3.50. The molecule has 1 rings (SSSR count). The lowest BCUT2D eigenvalue weighted by Gasteiger charge is -2.19. The first-order valence-corrected chi connectivity index (χ1v) is 6.39. The average molecular weight is 332 g/mol. The standard InChI is InChI=1S/C12H15BrFN3O2/c1-6(2)10(11(15)17-19)12(18)16-9-5-7(13)3-4-8(9)14/h3-6,10,19H,1-2H3,(H2,15,17)(H,16,18). The van der Waals surface area contributed by atoms with Crippen LogP contribution in [0.25, 0.3) is 0 Å². The molecule has 0 aromatic heterocycles. The fourth-order valence-electron chi connectivity index (χ4n) is 1.64. The molecule has 5 nitrogen and oxygen atoms in total. The lowest BCUT2D eigenvalue weighted by molar-refractivity contribution is -0.119. The van der Waals surface area contributed by atoms with Gasteiger partial charge in [0, 0.05) is 4.47 Å². The minimum atomic E-state index is -0.830. The van der Waals surface area contributed by atoms with Gasteiger partial charge in [-0.15, -0.1) is 0 Å². The Hall–Kier alpha value is -1.63. The lowest BCUT2D eigenvalue weighted by atomic mass is 9.94. The fourth-order valence-corrected chi connectivity index (χ4v) is 2.01. The van der Waals surface area contributed by atoms with E-state index in [1.807, 2.05) is 0 Å². The van der Waals surface area contributed by atoms with E-state index in [0.29, 0.717) is 4.47 Å². The van der Waals surface area contributed by atoms with E-state index in [-0.39, 0.29) is 17.4 Å². The lowest BCUT2D eigenvalue weighted by Crippen LogP contribution is -2.38. The van der Waals surface area contributed by atoms with Gasteiger partial charge in [-0.3, -0.25) is 4.79 Å². The maximum Gasteiger partial charge on any atom is 0.235 e. The Labute approximate surface area is 118 Å². The molecule has 19 heavy (non-hydrogen) atoms. The molecule has 0 fully saturated rings. The number of hydrogen-bond donors (Lipinski definition) is 3. The number of rotatable bonds is 4. The second kappa shape index (κ2) is 6.51. The quantitative estimate of drug-likeness (QED) is 0.343. The first kappa shape index (κ1) is 15.4. The third-order valence-corrected chi connectivity index (χ3v) is 3.06. The minimum absolute atomic E-state index is 0.0377. The second-order valence-corrected chi connectivity index (χ2v) is 5.28. The molecule has 0 saturated heterocycles. The zero-order chi connectivity index (χ0) is 14.6. The van der Waals surface area contributed by atoms with Crippen LogP contribution in [0.4, 0.5) is 10.1 Å². The van der Waals surface area contributed by atoms with Crippen molar-refractivity contribution in [2.24, 2.45) is 22.7 Å². The number of nitrogens with zero attached hydrogens (tertiary/aromatic N) is 1. The SMILES string of the molecule is CC(C)C(C(=O)Nc1cc(Br)ccc1F)C(N)=NO. The van der Waals surface area contributed by atoms with Crippen molar-refractivity contribution in [3.05, 3.63) is 28.5 Å². The van der Waals surface area contributed by atoms with E-state index >= 15 is 0 Å². The summed E-state index contributed by atoms with van der Waals surface area (Å²) in [4.78, 5) is 12.1. The molecule has 0 heterocycles. The van der Waals surface area contributed by atoms with Crippen molar-refractivity contribution in [3.63, 3.8) is 0 Å². The Kier molecular flexibility index (Phi) is 5.29. The van der Waals surface area contributed by atoms with Crippen molar-refractivity contribution < 1.29 is 14.4 Å². The van der Waals surface area contributed by atoms with Gasteiger partial charge >= 0.3 is 0 Å². The van der Waals surface area contributed by atoms with Crippen LogP contribution in [0, 0.1) is 17.7 Å². The van der Waals surface area contributed by atoms with Crippen LogP contribution >= 0.6 is 15.9 Å². The minimum Gasteiger partial charge on any atom is -0.409 e. The number of nitrogens with two attached hydrogens (primary N) is 1. The molecular weight excluding hydrogens is 317 g/mol. The number of amides is 1. The molecule has 0 aliphatic heterocycles. The monoisotopic (exact) mass is 331 g/mol. The highest BCUT2D eigenvalue weighted by molar-refractivity contribution is 9.10. The number of amidine groups is 1. The summed E-state index contributed by atoms with van der Waals surface area (Å²) in [6.07, 6.45) is 0. The number of halogens is 2. The predicted octanol–water partition coefficient (Wildman–Crippen LogP) is 2.55. The Bertz CT molecular complexity index is 506. The summed E-state index contributed by atoms with van der Waals surface area (Å²) >= 11 is 3.19. The number of carbonyl (C=O) groups is 1. The van der Waals surface area contributed by atoms with Crippen LogP contribution in [0.1, 0.15) is 13.8 Å². The van der Waals surface area contributed by atoms with Gasteiger partial charge in [0.2, 0.25) is 5.91 Å². The van der Waals surface area contributed by atoms with E-state index in [1.165, 1.54) is 18.2 Å². The summed E-state index contributed by atoms with van der Waals surface area (Å²) in [7, 11) is 0. The highest BCUT2D eigenvalue weighted by Gasteiger charge is 2.27. The van der Waals surface area contributed by atoms with Crippen molar-refractivity contribution in [2.45, 2.75) is 13.8 Å². The molecule has 0 saturated carbocycles. The predicted molar refractivity (Wildman–Crippen MR) is 74.5 cm³/mol. The van der Waals surface area contributed by atoms with Gasteiger partial charge in [-0.2, -0.15) is 0 Å². The molecular formula is C12H15BrFN3O2. The first-order chi connectivity index (χ1) is 8.86. The molecule has 1 aromatic rings. The molecule has 1 amide bonds. The molecule has 1 atom stereocenters. The number of nitrogens with one attached hydrogen (secondary N) is 1. The molecule has 7 heteroatoms. The summed E-state index contributed by atoms with van der Waals surface area (Å²) in [5.74, 6) is -2.31. The number of hydrogen-bond acceptors (Lipinski definition) is 3. The van der Waals surface area contributed by atoms with E-state index < -0.39 is 17.6 Å². The average Bonchev–Trinajstić information content (AvgIpc) is 2.33. The smallest absolute Gasteiger partial charge is 0.235 e. The summed E-state index contributed by atoms with van der Waals surface area (Å²) in [5, 5.41) is 13.9. The summed E-state index contributed by atoms with van der Waals surface area (Å²) in [5.41, 5.74) is 5.51. The first-order valence-electron chi connectivity index (χ1n) is 5.60. The van der Waals surface area contributed by atoms with E-state index in [9.17, 15) is 9.18 Å². The van der Waals surface area contributed by atoms with Crippen LogP contribution in [-0.2, 0) is 4.79 Å². The van der Waals surface area contributed by atoms with Crippen LogP contribution < -0.4 is 11.1 Å². The van der Waals surface area contributed by atoms with Gasteiger partial charge < -0.3 is 16.3 Å². The van der Waals surface area contributed by atoms with Crippen LogP contribution in [0.5, 0.6) is 0 Å². The highest BCUT2D eigenvalue weighted by atomic mass is 79.9. The fraction of sp³-hybridized carbons (Fsp3) is 0.333. The van der Waals surface area contributed by atoms with Crippen LogP contribution in [-0.4, -0.2) is 17.0 Å². The molecule has 0 aliphatic rings. The molecule has 1 unspecified atom stereocenters. The molecule has 0 spiro atoms. The number of anilines is 1. The summed E-state index contributed by atoms with van der Waals surface area (Å²) in [6, 6.07) is 4.19. The Morgan fingerprint density at radius 3 is 2.68 bits per heavy atom. The molecule has 1 aromatic carbocycles.